The SMILES string of the molecule is CN(C)CCCCNC(=O)c1cn2c3c(c(N)c(F)c(NCCCN4CCOCC4)c3c1=O)Oc1cc3ccccc3cc1-2.CN(C)CCCCNc1c(F)cc2c(=O)c(C(=O)NCCCN3CCN(C)CC3)cn3c2c1Oc1c-3ccc2ccccc12.Nc1ccc(CCNC(=O)c2cn3c4c(c(N5CCC(N)C5)c(F)cc4c2=O)Oc2cc4ccccc4cc2-3)cc1. The Balaban J connectivity index is 0.000000136. The third-order valence-corrected chi connectivity index (χ3v) is 24.9. The van der Waals surface area contributed by atoms with Gasteiger partial charge in [-0.15, -0.1) is 0 Å². The van der Waals surface area contributed by atoms with Gasteiger partial charge in [-0.25, -0.2) is 13.2 Å². The van der Waals surface area contributed by atoms with Gasteiger partial charge in [-0.05, 0) is 200 Å². The summed E-state index contributed by atoms with van der Waals surface area (Å²) in [5.41, 5.74) is 21.6. The average molecular weight is 1750 g/mol. The molecular formula is C99H108F3N17O10. The number of pyridine rings is 3. The number of hydrogen-bond donors (Lipinski definition) is 8. The van der Waals surface area contributed by atoms with Crippen LogP contribution in [0.4, 0.5) is 41.6 Å². The van der Waals surface area contributed by atoms with Crippen molar-refractivity contribution in [2.45, 2.75) is 57.4 Å². The molecule has 6 aliphatic rings. The fourth-order valence-corrected chi connectivity index (χ4v) is 17.9. The molecule has 0 spiro atoms. The maximum Gasteiger partial charge on any atom is 0.256 e. The molecule has 3 amide bonds. The van der Waals surface area contributed by atoms with Gasteiger partial charge in [-0.1, -0.05) is 91.0 Å². The summed E-state index contributed by atoms with van der Waals surface area (Å²) in [5, 5.41) is 20.9. The molecule has 670 valence electrons. The number of piperazine rings is 1. The Morgan fingerprint density at radius 1 is 0.473 bits per heavy atom. The second kappa shape index (κ2) is 38.5. The van der Waals surface area contributed by atoms with Crippen LogP contribution in [0, 0.1) is 17.5 Å². The zero-order chi connectivity index (χ0) is 89.8. The molecule has 0 aliphatic carbocycles. The maximum absolute atomic E-state index is 16.1. The first-order chi connectivity index (χ1) is 62.5. The van der Waals surface area contributed by atoms with Crippen LogP contribution in [-0.4, -0.2) is 222 Å². The number of benzene rings is 10. The van der Waals surface area contributed by atoms with Gasteiger partial charge in [-0.2, -0.15) is 0 Å². The summed E-state index contributed by atoms with van der Waals surface area (Å²) in [6.45, 7) is 13.9. The summed E-state index contributed by atoms with van der Waals surface area (Å²) in [5.74, 6) is -1.35. The fourth-order valence-electron chi connectivity index (χ4n) is 17.9. The van der Waals surface area contributed by atoms with E-state index in [0.29, 0.717) is 122 Å². The van der Waals surface area contributed by atoms with E-state index in [1.165, 1.54) is 18.3 Å². The molecule has 13 aromatic rings. The van der Waals surface area contributed by atoms with Gasteiger partial charge in [0, 0.05) is 121 Å². The summed E-state index contributed by atoms with van der Waals surface area (Å²) in [4.78, 5) is 94.8. The molecule has 1 unspecified atom stereocenters. The summed E-state index contributed by atoms with van der Waals surface area (Å²) in [7, 11) is 10.2. The number of anilines is 5. The standard InChI is InChI=1S/C34H41FN6O3.C33H39FN6O4.C32H28FN5O3/c1-38(2)15-7-6-13-36-29-27(35)21-25-30-33(29)44-32-24-10-5-4-9-23(24)11-12-28(32)41(30)22-26(31(25)42)34(43)37-14-8-16-40-19-17-39(3)18-20-40;1-38(2)12-6-5-10-37-33(42)23-20-40-24-18-21-8-3-4-9-22(21)19-25(24)44-32-28(35)27(34)29(26(30(32)40)31(23)41)36-11-7-13-39-14-16-43-17-15-39;33-25-15-23-28-31(29(25)37-12-10-22(35)16-37)41-27-14-20-4-2-1-3-19(20)13-26(27)38(28)17-24(30(23)39)32(40)36-11-9-18-5-7-21(34)8-6-18/h4-5,9-12,21-22,36H,6-8,13-20H2,1-3H3,(H,37,43);3-4,8-9,18-20,36H,5-7,10-17,35H2,1-2H3,(H,37,42);1-8,13-15,17,22H,9-12,16,34-35H2,(H,36,40). The van der Waals surface area contributed by atoms with Gasteiger partial charge in [0.25, 0.3) is 17.7 Å². The number of aromatic nitrogens is 3. The maximum atomic E-state index is 16.1. The summed E-state index contributed by atoms with van der Waals surface area (Å²) < 4.78 is 77.6. The molecular weight excluding hydrogens is 1640 g/mol. The largest absolute Gasteiger partial charge is 0.451 e. The second-order valence-electron chi connectivity index (χ2n) is 34.5. The number of fused-ring (bicyclic) bond motifs is 10. The van der Waals surface area contributed by atoms with Crippen molar-refractivity contribution in [2.24, 2.45) is 5.73 Å². The molecule has 129 heavy (non-hydrogen) atoms. The minimum absolute atomic E-state index is 0.0181. The number of rotatable bonds is 27. The number of morpholine rings is 1. The Bertz CT molecular complexity index is 6690. The lowest BCUT2D eigenvalue weighted by molar-refractivity contribution is 0.0378. The highest BCUT2D eigenvalue weighted by Crippen LogP contribution is 2.52. The van der Waals surface area contributed by atoms with Crippen LogP contribution in [-0.2, 0) is 11.2 Å². The summed E-state index contributed by atoms with van der Waals surface area (Å²) in [6, 6.07) is 44.8. The van der Waals surface area contributed by atoms with Gasteiger partial charge in [0.15, 0.2) is 51.9 Å². The fraction of sp³-hybridized carbons (Fsp3) is 0.333. The zero-order valence-electron chi connectivity index (χ0n) is 73.2. The molecule has 0 saturated carbocycles. The molecule has 6 aliphatic heterocycles. The number of likely N-dealkylation sites (N-methyl/N-ethyl adjacent to an activating group) is 1. The highest BCUT2D eigenvalue weighted by Gasteiger charge is 2.37. The first-order valence-electron chi connectivity index (χ1n) is 44.4. The predicted octanol–water partition coefficient (Wildman–Crippen LogP) is 13.2. The predicted molar refractivity (Wildman–Crippen MR) is 505 cm³/mol. The molecule has 0 bridgehead atoms. The Morgan fingerprint density at radius 3 is 1.58 bits per heavy atom. The smallest absolute Gasteiger partial charge is 0.256 e. The molecule has 10 aromatic carbocycles. The Labute approximate surface area is 744 Å². The number of ether oxygens (including phenoxy) is 4. The Hall–Kier alpha value is -13.1. The third-order valence-electron chi connectivity index (χ3n) is 24.9. The van der Waals surface area contributed by atoms with Crippen LogP contribution >= 0.6 is 0 Å². The number of amides is 3. The molecule has 27 nitrogen and oxygen atoms in total. The first kappa shape index (κ1) is 88.0. The van der Waals surface area contributed by atoms with Crippen molar-refractivity contribution in [3.8, 4) is 51.6 Å². The Kier molecular flexibility index (Phi) is 26.2. The van der Waals surface area contributed by atoms with Gasteiger partial charge in [0.05, 0.1) is 52.1 Å². The van der Waals surface area contributed by atoms with Gasteiger partial charge in [0.1, 0.15) is 50.3 Å². The monoisotopic (exact) mass is 1750 g/mol. The number of nitrogens with one attached hydrogen (secondary N) is 5. The number of nitrogens with zero attached hydrogens (tertiary/aromatic N) is 9. The summed E-state index contributed by atoms with van der Waals surface area (Å²) >= 11 is 0. The van der Waals surface area contributed by atoms with Gasteiger partial charge < -0.3 is 101 Å². The number of nitrogen functional groups attached to an aromatic ring is 2. The van der Waals surface area contributed by atoms with Crippen molar-refractivity contribution in [1.29, 1.82) is 0 Å². The third kappa shape index (κ3) is 18.4. The number of nitrogens with two attached hydrogens (primary N) is 3. The lowest BCUT2D eigenvalue weighted by Gasteiger charge is -2.32. The topological polar surface area (TPSA) is 312 Å². The highest BCUT2D eigenvalue weighted by molar-refractivity contribution is 6.08. The lowest BCUT2D eigenvalue weighted by Crippen LogP contribution is -2.45. The summed E-state index contributed by atoms with van der Waals surface area (Å²) in [6.07, 6.45) is 10.9. The van der Waals surface area contributed by atoms with Crippen LogP contribution in [0.15, 0.2) is 179 Å². The van der Waals surface area contributed by atoms with Crippen molar-refractivity contribution < 1.29 is 46.5 Å². The van der Waals surface area contributed by atoms with Crippen molar-refractivity contribution in [2.75, 3.05) is 187 Å². The van der Waals surface area contributed by atoms with E-state index < -0.39 is 51.5 Å². The minimum atomic E-state index is -0.770. The van der Waals surface area contributed by atoms with E-state index in [-0.39, 0.29) is 78.9 Å². The molecule has 30 heteroatoms. The molecule has 3 aromatic heterocycles. The van der Waals surface area contributed by atoms with E-state index in [2.05, 4.69) is 58.1 Å². The number of carbonyl (C=O) groups is 3. The van der Waals surface area contributed by atoms with Crippen LogP contribution in [0.2, 0.25) is 0 Å². The minimum Gasteiger partial charge on any atom is -0.451 e. The van der Waals surface area contributed by atoms with Gasteiger partial charge >= 0.3 is 0 Å². The van der Waals surface area contributed by atoms with Crippen LogP contribution in [0.3, 0.4) is 0 Å². The normalized spacial score (nSPS) is 15.1. The van der Waals surface area contributed by atoms with E-state index in [4.69, 9.17) is 36.1 Å². The zero-order valence-corrected chi connectivity index (χ0v) is 73.2. The first-order valence-corrected chi connectivity index (χ1v) is 44.4. The van der Waals surface area contributed by atoms with Crippen LogP contribution in [0.1, 0.15) is 81.6 Å². The molecule has 3 saturated heterocycles. The average Bonchev–Trinajstić information content (AvgIpc) is 1.22. The molecule has 9 heterocycles. The Morgan fingerprint density at radius 2 is 0.977 bits per heavy atom. The van der Waals surface area contributed by atoms with Crippen molar-refractivity contribution in [3.63, 3.8) is 0 Å². The number of unbranched alkanes of at least 4 members (excludes halogenated alkanes) is 2. The van der Waals surface area contributed by atoms with Crippen LogP contribution in [0.25, 0.3) is 82.1 Å². The molecule has 1 atom stereocenters. The second-order valence-corrected chi connectivity index (χ2v) is 34.5. The van der Waals surface area contributed by atoms with Crippen molar-refractivity contribution in [1.82, 2.24) is 54.2 Å². The van der Waals surface area contributed by atoms with Crippen molar-refractivity contribution in [3.05, 3.63) is 235 Å². The number of halogens is 3. The molecule has 3 fully saturated rings. The van der Waals surface area contributed by atoms with E-state index >= 15 is 13.2 Å². The molecule has 19 rings (SSSR count). The highest BCUT2D eigenvalue weighted by atomic mass is 19.1. The lowest BCUT2D eigenvalue weighted by atomic mass is 10.0. The van der Waals surface area contributed by atoms with Gasteiger partial charge in [0.2, 0.25) is 16.3 Å². The van der Waals surface area contributed by atoms with Crippen LogP contribution in [0.5, 0.6) is 34.5 Å². The van der Waals surface area contributed by atoms with E-state index in [0.717, 1.165) is 148 Å². The van der Waals surface area contributed by atoms with Crippen molar-refractivity contribution >= 4 is 111 Å². The molecule has 0 radical (unpaired) electrons. The quantitative estimate of drug-likeness (QED) is 0.0175. The molecule has 11 N–H and O–H groups in total. The van der Waals surface area contributed by atoms with E-state index in [1.54, 1.807) is 33.7 Å². The number of hydrogen-bond acceptors (Lipinski definition) is 21. The van der Waals surface area contributed by atoms with E-state index in [9.17, 15) is 28.8 Å². The number of carbonyl (C=O) groups excluding carboxylic acids is 3. The van der Waals surface area contributed by atoms with E-state index in [1.807, 2.05) is 159 Å². The van der Waals surface area contributed by atoms with Gasteiger partial charge in [-0.3, -0.25) is 33.7 Å². The van der Waals surface area contributed by atoms with Crippen LogP contribution < -0.4 is 79.2 Å².